The smallest absolute Gasteiger partial charge is 0.335 e. The second kappa shape index (κ2) is 6.76. The number of aromatic carboxylic acids is 1. The van der Waals surface area contributed by atoms with E-state index in [9.17, 15) is 22.0 Å². The van der Waals surface area contributed by atoms with Crippen LogP contribution in [-0.4, -0.2) is 39.0 Å². The monoisotopic (exact) mass is 308 g/mol. The molecule has 8 heteroatoms. The van der Waals surface area contributed by atoms with Gasteiger partial charge in [0.1, 0.15) is 4.90 Å². The van der Waals surface area contributed by atoms with Gasteiger partial charge in [-0.25, -0.2) is 22.0 Å². The standard InChI is InChI=1S/C12H14F2O5S/c1-19-4-2-3-5-20(17,18)10-7-8(12(15)16)6-9(13)11(10)14/h6-7H,2-5H2,1H3,(H,15,16). The zero-order chi connectivity index (χ0) is 15.3. The highest BCUT2D eigenvalue weighted by atomic mass is 32.2. The van der Waals surface area contributed by atoms with Crippen LogP contribution in [0.5, 0.6) is 0 Å². The first-order valence-electron chi connectivity index (χ1n) is 5.73. The molecule has 1 aromatic rings. The Morgan fingerprint density at radius 2 is 1.95 bits per heavy atom. The van der Waals surface area contributed by atoms with Gasteiger partial charge in [0.25, 0.3) is 0 Å². The van der Waals surface area contributed by atoms with Gasteiger partial charge in [-0.2, -0.15) is 0 Å². The fourth-order valence-electron chi connectivity index (χ4n) is 1.56. The van der Waals surface area contributed by atoms with Crippen LogP contribution in [0, 0.1) is 11.6 Å². The van der Waals surface area contributed by atoms with Crippen LogP contribution in [0.25, 0.3) is 0 Å². The van der Waals surface area contributed by atoms with Crippen LogP contribution in [0.4, 0.5) is 8.78 Å². The quantitative estimate of drug-likeness (QED) is 0.778. The maximum atomic E-state index is 13.5. The van der Waals surface area contributed by atoms with Crippen LogP contribution >= 0.6 is 0 Å². The van der Waals surface area contributed by atoms with E-state index in [4.69, 9.17) is 9.84 Å². The highest BCUT2D eigenvalue weighted by molar-refractivity contribution is 7.91. The average molecular weight is 308 g/mol. The first kappa shape index (κ1) is 16.5. The van der Waals surface area contributed by atoms with Crippen molar-refractivity contribution in [3.63, 3.8) is 0 Å². The minimum absolute atomic E-state index is 0.203. The van der Waals surface area contributed by atoms with Crippen LogP contribution in [0.1, 0.15) is 23.2 Å². The second-order valence-electron chi connectivity index (χ2n) is 4.09. The number of carbonyl (C=O) groups is 1. The third kappa shape index (κ3) is 3.97. The van der Waals surface area contributed by atoms with Gasteiger partial charge in [0.05, 0.1) is 11.3 Å². The van der Waals surface area contributed by atoms with E-state index >= 15 is 0 Å². The molecule has 1 rings (SSSR count). The van der Waals surface area contributed by atoms with Crippen molar-refractivity contribution in [2.45, 2.75) is 17.7 Å². The lowest BCUT2D eigenvalue weighted by Gasteiger charge is -2.07. The SMILES string of the molecule is COCCCCS(=O)(=O)c1cc(C(=O)O)cc(F)c1F. The Kier molecular flexibility index (Phi) is 5.58. The van der Waals surface area contributed by atoms with E-state index in [1.54, 1.807) is 0 Å². The zero-order valence-electron chi connectivity index (χ0n) is 10.7. The normalized spacial score (nSPS) is 11.6. The van der Waals surface area contributed by atoms with E-state index in [1.807, 2.05) is 0 Å². The number of benzene rings is 1. The number of carboxylic acid groups (broad SMARTS) is 1. The number of methoxy groups -OCH3 is 1. The molecular formula is C12H14F2O5S. The predicted octanol–water partition coefficient (Wildman–Crippen LogP) is 1.86. The number of rotatable bonds is 7. The fraction of sp³-hybridized carbons (Fsp3) is 0.417. The van der Waals surface area contributed by atoms with Crippen molar-refractivity contribution >= 4 is 15.8 Å². The van der Waals surface area contributed by atoms with Crippen molar-refractivity contribution in [2.24, 2.45) is 0 Å². The molecule has 0 unspecified atom stereocenters. The predicted molar refractivity (Wildman–Crippen MR) is 66.5 cm³/mol. The summed E-state index contributed by atoms with van der Waals surface area (Å²) in [6, 6.07) is 1.08. The Morgan fingerprint density at radius 1 is 1.30 bits per heavy atom. The van der Waals surface area contributed by atoms with Gasteiger partial charge in [-0.1, -0.05) is 0 Å². The van der Waals surface area contributed by atoms with Crippen molar-refractivity contribution < 1.29 is 31.8 Å². The van der Waals surface area contributed by atoms with Crippen LogP contribution < -0.4 is 0 Å². The summed E-state index contributed by atoms with van der Waals surface area (Å²) in [5, 5.41) is 8.74. The Hall–Kier alpha value is -1.54. The first-order chi connectivity index (χ1) is 9.29. The third-order valence-electron chi connectivity index (χ3n) is 2.59. The van der Waals surface area contributed by atoms with E-state index in [0.29, 0.717) is 25.2 Å². The zero-order valence-corrected chi connectivity index (χ0v) is 11.5. The summed E-state index contributed by atoms with van der Waals surface area (Å²) in [6.45, 7) is 0.349. The number of hydrogen-bond acceptors (Lipinski definition) is 4. The summed E-state index contributed by atoms with van der Waals surface area (Å²) < 4.78 is 55.3. The lowest BCUT2D eigenvalue weighted by atomic mass is 10.2. The van der Waals surface area contributed by atoms with E-state index in [0.717, 1.165) is 0 Å². The van der Waals surface area contributed by atoms with Gasteiger partial charge in [0, 0.05) is 13.7 Å². The molecular weight excluding hydrogens is 294 g/mol. The molecule has 1 aromatic carbocycles. The molecule has 0 amide bonds. The van der Waals surface area contributed by atoms with Crippen LogP contribution in [0.2, 0.25) is 0 Å². The molecule has 0 aromatic heterocycles. The molecule has 5 nitrogen and oxygen atoms in total. The second-order valence-corrected chi connectivity index (χ2v) is 6.17. The van der Waals surface area contributed by atoms with Gasteiger partial charge < -0.3 is 9.84 Å². The largest absolute Gasteiger partial charge is 0.478 e. The average Bonchev–Trinajstić information content (AvgIpc) is 2.37. The van der Waals surface area contributed by atoms with Crippen molar-refractivity contribution in [2.75, 3.05) is 19.5 Å². The molecule has 0 spiro atoms. The minimum Gasteiger partial charge on any atom is -0.478 e. The fourth-order valence-corrected chi connectivity index (χ4v) is 3.04. The van der Waals surface area contributed by atoms with Crippen LogP contribution in [0.15, 0.2) is 17.0 Å². The first-order valence-corrected chi connectivity index (χ1v) is 7.39. The Balaban J connectivity index is 3.07. The summed E-state index contributed by atoms with van der Waals surface area (Å²) in [4.78, 5) is 9.82. The van der Waals surface area contributed by atoms with Crippen molar-refractivity contribution in [1.29, 1.82) is 0 Å². The van der Waals surface area contributed by atoms with E-state index in [-0.39, 0.29) is 6.42 Å². The molecule has 0 fully saturated rings. The third-order valence-corrected chi connectivity index (χ3v) is 4.38. The van der Waals surface area contributed by atoms with Gasteiger partial charge in [-0.15, -0.1) is 0 Å². The van der Waals surface area contributed by atoms with Crippen LogP contribution in [-0.2, 0) is 14.6 Å². The number of carboxylic acids is 1. The molecule has 20 heavy (non-hydrogen) atoms. The Labute approximate surface area is 115 Å². The topological polar surface area (TPSA) is 80.7 Å². The van der Waals surface area contributed by atoms with Crippen molar-refractivity contribution in [3.05, 3.63) is 29.3 Å². The maximum Gasteiger partial charge on any atom is 0.335 e. The summed E-state index contributed by atoms with van der Waals surface area (Å²) in [6.07, 6.45) is 0.646. The Morgan fingerprint density at radius 3 is 2.50 bits per heavy atom. The van der Waals surface area contributed by atoms with Crippen LogP contribution in [0.3, 0.4) is 0 Å². The molecule has 112 valence electrons. The lowest BCUT2D eigenvalue weighted by Crippen LogP contribution is -2.12. The van der Waals surface area contributed by atoms with Gasteiger partial charge in [0.2, 0.25) is 0 Å². The molecule has 0 saturated carbocycles. The number of halogens is 2. The Bertz CT molecular complexity index is 598. The maximum absolute atomic E-state index is 13.5. The molecule has 0 aliphatic heterocycles. The molecule has 0 heterocycles. The molecule has 0 bridgehead atoms. The number of hydrogen-bond donors (Lipinski definition) is 1. The van der Waals surface area contributed by atoms with E-state index in [1.165, 1.54) is 7.11 Å². The summed E-state index contributed by atoms with van der Waals surface area (Å²) in [5.41, 5.74) is -0.612. The molecule has 0 aliphatic carbocycles. The van der Waals surface area contributed by atoms with Crippen molar-refractivity contribution in [3.8, 4) is 0 Å². The summed E-state index contributed by atoms with van der Waals surface area (Å²) in [5.74, 6) is -4.99. The summed E-state index contributed by atoms with van der Waals surface area (Å²) in [7, 11) is -2.63. The van der Waals surface area contributed by atoms with Gasteiger partial charge in [-0.3, -0.25) is 0 Å². The molecule has 1 N–H and O–H groups in total. The number of sulfone groups is 1. The highest BCUT2D eigenvalue weighted by Crippen LogP contribution is 2.22. The van der Waals surface area contributed by atoms with Crippen molar-refractivity contribution in [1.82, 2.24) is 0 Å². The van der Waals surface area contributed by atoms with Gasteiger partial charge in [-0.05, 0) is 25.0 Å². The number of unbranched alkanes of at least 4 members (excludes halogenated alkanes) is 1. The molecule has 0 saturated heterocycles. The van der Waals surface area contributed by atoms with E-state index < -0.39 is 43.7 Å². The molecule has 0 atom stereocenters. The van der Waals surface area contributed by atoms with Gasteiger partial charge in [0.15, 0.2) is 21.5 Å². The minimum atomic E-state index is -4.08. The lowest BCUT2D eigenvalue weighted by molar-refractivity contribution is 0.0696. The molecule has 0 radical (unpaired) electrons. The van der Waals surface area contributed by atoms with E-state index in [2.05, 4.69) is 0 Å². The highest BCUT2D eigenvalue weighted by Gasteiger charge is 2.24. The number of ether oxygens (including phenoxy) is 1. The molecule has 0 aliphatic rings. The van der Waals surface area contributed by atoms with Gasteiger partial charge >= 0.3 is 5.97 Å². The summed E-state index contributed by atoms with van der Waals surface area (Å²) >= 11 is 0.